The molecule has 10 nitrogen and oxygen atoms in total. The number of alkyl halides is 6. The summed E-state index contributed by atoms with van der Waals surface area (Å²) in [5.41, 5.74) is 1.98. The molecule has 0 unspecified atom stereocenters. The first-order valence-electron chi connectivity index (χ1n) is 8.82. The summed E-state index contributed by atoms with van der Waals surface area (Å²) >= 11 is 6.10. The van der Waals surface area contributed by atoms with Crippen molar-refractivity contribution in [2.24, 2.45) is 5.10 Å². The Morgan fingerprint density at radius 3 is 2.29 bits per heavy atom. The smallest absolute Gasteiger partial charge is 0.404 e. The molecule has 1 aliphatic heterocycles. The number of hydrogen-bond acceptors (Lipinski definition) is 8. The number of anilines is 1. The van der Waals surface area contributed by atoms with E-state index in [1.807, 2.05) is 5.32 Å². The summed E-state index contributed by atoms with van der Waals surface area (Å²) in [5.74, 6) is -3.06. The lowest BCUT2D eigenvalue weighted by Crippen LogP contribution is -2.45. The minimum Gasteiger partial charge on any atom is -0.404 e. The van der Waals surface area contributed by atoms with E-state index >= 15 is 0 Å². The normalized spacial score (nSPS) is 13.8. The fourth-order valence-corrected chi connectivity index (χ4v) is 2.79. The second-order valence-corrected chi connectivity index (χ2v) is 6.78. The van der Waals surface area contributed by atoms with Crippen LogP contribution in [0.4, 0.5) is 32.0 Å². The van der Waals surface area contributed by atoms with E-state index in [4.69, 9.17) is 11.6 Å². The van der Waals surface area contributed by atoms with Crippen LogP contribution in [0, 0.1) is 0 Å². The molecular weight excluding hydrogens is 500 g/mol. The Kier molecular flexibility index (Phi) is 6.74. The minimum atomic E-state index is -5.19. The number of halogens is 7. The molecule has 1 aliphatic rings. The van der Waals surface area contributed by atoms with Crippen LogP contribution < -0.4 is 26.4 Å². The van der Waals surface area contributed by atoms with Gasteiger partial charge in [0.1, 0.15) is 11.4 Å². The third kappa shape index (κ3) is 5.76. The molecule has 0 saturated heterocycles. The number of benzene rings is 1. The Morgan fingerprint density at radius 1 is 1.06 bits per heavy atom. The van der Waals surface area contributed by atoms with Gasteiger partial charge < -0.3 is 10.1 Å². The summed E-state index contributed by atoms with van der Waals surface area (Å²) < 4.78 is 80.3. The van der Waals surface area contributed by atoms with E-state index < -0.39 is 52.1 Å². The number of ether oxygens (including phenoxy) is 1. The highest BCUT2D eigenvalue weighted by Gasteiger charge is 2.34. The van der Waals surface area contributed by atoms with Gasteiger partial charge in [0.05, 0.1) is 16.1 Å². The number of pyridine rings is 1. The molecule has 34 heavy (non-hydrogen) atoms. The molecule has 3 rings (SSSR count). The van der Waals surface area contributed by atoms with E-state index in [2.05, 4.69) is 31.2 Å². The van der Waals surface area contributed by atoms with Crippen LogP contribution in [0.1, 0.15) is 26.4 Å². The first-order chi connectivity index (χ1) is 15.8. The number of guanidine groups is 1. The number of carbonyl (C=O) groups is 2. The summed E-state index contributed by atoms with van der Waals surface area (Å²) in [5, 5.41) is 8.63. The van der Waals surface area contributed by atoms with E-state index in [0.29, 0.717) is 12.3 Å². The van der Waals surface area contributed by atoms with E-state index in [1.165, 1.54) is 12.1 Å². The number of carbonyl (C=O) groups excluding carboxylic acids is 2. The molecule has 4 N–H and O–H groups in total. The molecule has 0 spiro atoms. The summed E-state index contributed by atoms with van der Waals surface area (Å²) in [7, 11) is 1.48. The van der Waals surface area contributed by atoms with Crippen LogP contribution in [0.5, 0.6) is 5.75 Å². The molecule has 17 heteroatoms. The van der Waals surface area contributed by atoms with Crippen LogP contribution in [0.25, 0.3) is 0 Å². The van der Waals surface area contributed by atoms with Gasteiger partial charge in [-0.3, -0.25) is 24.9 Å². The van der Waals surface area contributed by atoms with Crippen LogP contribution in [0.3, 0.4) is 0 Å². The van der Waals surface area contributed by atoms with Crippen molar-refractivity contribution >= 4 is 35.1 Å². The zero-order chi connectivity index (χ0) is 25.3. The number of hydrazine groups is 2. The van der Waals surface area contributed by atoms with Crippen molar-refractivity contribution in [1.82, 2.24) is 26.4 Å². The van der Waals surface area contributed by atoms with Crippen molar-refractivity contribution in [3.05, 3.63) is 52.3 Å². The Labute approximate surface area is 190 Å². The fraction of sp³-hybridized carbons (Fsp3) is 0.176. The lowest BCUT2D eigenvalue weighted by Gasteiger charge is -2.18. The van der Waals surface area contributed by atoms with Crippen molar-refractivity contribution < 1.29 is 40.7 Å². The van der Waals surface area contributed by atoms with Gasteiger partial charge in [-0.25, -0.2) is 5.53 Å². The van der Waals surface area contributed by atoms with Crippen LogP contribution in [-0.2, 0) is 6.18 Å². The molecule has 0 bridgehead atoms. The molecule has 0 fully saturated rings. The highest BCUT2D eigenvalue weighted by Crippen LogP contribution is 2.38. The molecule has 182 valence electrons. The maximum atomic E-state index is 12.8. The highest BCUT2D eigenvalue weighted by molar-refractivity contribution is 6.37. The van der Waals surface area contributed by atoms with Crippen molar-refractivity contribution in [3.63, 3.8) is 0 Å². The monoisotopic (exact) mass is 511 g/mol. The minimum absolute atomic E-state index is 0.0156. The zero-order valence-electron chi connectivity index (χ0n) is 16.6. The number of rotatable bonds is 4. The highest BCUT2D eigenvalue weighted by atomic mass is 35.5. The second-order valence-electron chi connectivity index (χ2n) is 6.40. The maximum absolute atomic E-state index is 12.8. The van der Waals surface area contributed by atoms with Crippen molar-refractivity contribution in [1.29, 1.82) is 0 Å². The summed E-state index contributed by atoms with van der Waals surface area (Å²) in [6.07, 6.45) is -9.39. The van der Waals surface area contributed by atoms with Gasteiger partial charge in [0.15, 0.2) is 5.75 Å². The molecule has 0 radical (unpaired) electrons. The Balaban J connectivity index is 1.93. The number of aromatic nitrogens is 1. The Morgan fingerprint density at radius 2 is 1.76 bits per heavy atom. The third-order valence-corrected chi connectivity index (χ3v) is 4.44. The topological polar surface area (TPSA) is 120 Å². The van der Waals surface area contributed by atoms with Gasteiger partial charge in [0, 0.05) is 13.2 Å². The van der Waals surface area contributed by atoms with Crippen molar-refractivity contribution in [2.45, 2.75) is 12.5 Å². The van der Waals surface area contributed by atoms with Crippen LogP contribution >= 0.6 is 11.6 Å². The van der Waals surface area contributed by atoms with Gasteiger partial charge in [-0.1, -0.05) is 11.6 Å². The molecule has 2 aromatic rings. The van der Waals surface area contributed by atoms with E-state index in [-0.39, 0.29) is 11.5 Å². The molecule has 0 aliphatic carbocycles. The molecule has 0 atom stereocenters. The van der Waals surface area contributed by atoms with Crippen molar-refractivity contribution in [2.75, 3.05) is 12.4 Å². The summed E-state index contributed by atoms with van der Waals surface area (Å²) in [6.45, 7) is 0. The fourth-order valence-electron chi connectivity index (χ4n) is 2.50. The van der Waals surface area contributed by atoms with Gasteiger partial charge in [-0.15, -0.1) is 23.8 Å². The van der Waals surface area contributed by atoms with Gasteiger partial charge in [0.2, 0.25) is 5.96 Å². The van der Waals surface area contributed by atoms with E-state index in [0.717, 1.165) is 18.2 Å². The summed E-state index contributed by atoms with van der Waals surface area (Å²) in [4.78, 5) is 28.1. The van der Waals surface area contributed by atoms with Gasteiger partial charge >= 0.3 is 12.5 Å². The number of amides is 2. The predicted octanol–water partition coefficient (Wildman–Crippen LogP) is 2.86. The average Bonchev–Trinajstić information content (AvgIpc) is 3.13. The first kappa shape index (κ1) is 24.8. The third-order valence-electron chi connectivity index (χ3n) is 4.05. The number of nitrogens with one attached hydrogen (secondary N) is 4. The largest absolute Gasteiger partial charge is 0.573 e. The predicted molar refractivity (Wildman–Crippen MR) is 104 cm³/mol. The molecule has 2 amide bonds. The Hall–Kier alpha value is -3.79. The zero-order valence-corrected chi connectivity index (χ0v) is 17.4. The standard InChI is InChI=1S/C17H12ClF6N7O3/c1-31-15(28-29-30-31)27-14(33)8-3-4-9(34-17(22,23)24)12(11(8)18)26-13(32)7-2-5-10(25-6-7)16(19,20)21/h2-6,29-30H,1H3,(H,26,32)(H,27,28,33). The summed E-state index contributed by atoms with van der Waals surface area (Å²) in [6, 6.07) is 2.90. The molecule has 0 saturated carbocycles. The van der Waals surface area contributed by atoms with Gasteiger partial charge in [-0.2, -0.15) is 13.2 Å². The van der Waals surface area contributed by atoms with Crippen LogP contribution in [-0.4, -0.2) is 41.2 Å². The van der Waals surface area contributed by atoms with Crippen LogP contribution in [0.2, 0.25) is 5.02 Å². The number of nitrogens with zero attached hydrogens (tertiary/aromatic N) is 3. The molecule has 1 aromatic carbocycles. The molecule has 2 heterocycles. The maximum Gasteiger partial charge on any atom is 0.573 e. The van der Waals surface area contributed by atoms with E-state index in [1.54, 1.807) is 0 Å². The lowest BCUT2D eigenvalue weighted by molar-refractivity contribution is -0.274. The average molecular weight is 512 g/mol. The number of hydrogen-bond donors (Lipinski definition) is 4. The quantitative estimate of drug-likeness (QED) is 0.466. The van der Waals surface area contributed by atoms with Crippen molar-refractivity contribution in [3.8, 4) is 5.75 Å². The Bertz CT molecular complexity index is 1140. The second kappa shape index (κ2) is 9.22. The molecular formula is C17H12ClF6N7O3. The molecule has 1 aromatic heterocycles. The van der Waals surface area contributed by atoms with Gasteiger partial charge in [0.25, 0.3) is 11.8 Å². The number of hydrazone groups is 1. The lowest BCUT2D eigenvalue weighted by atomic mass is 10.1. The van der Waals surface area contributed by atoms with Gasteiger partial charge in [-0.05, 0) is 24.3 Å². The SMILES string of the molecule is CN1NNN=C1NC(=O)c1ccc(OC(F)(F)F)c(NC(=O)c2ccc(C(F)(F)F)nc2)c1Cl. The van der Waals surface area contributed by atoms with Crippen LogP contribution in [0.15, 0.2) is 35.6 Å². The first-order valence-corrected chi connectivity index (χ1v) is 9.20. The van der Waals surface area contributed by atoms with E-state index in [9.17, 15) is 35.9 Å².